The lowest BCUT2D eigenvalue weighted by molar-refractivity contribution is 0.137. The molecule has 2 saturated heterocycles. The summed E-state index contributed by atoms with van der Waals surface area (Å²) in [6, 6.07) is 0.572. The SMILES string of the molecule is CC1CCN(C(CN)C2CCOC2)C1. The molecule has 2 heterocycles. The number of likely N-dealkylation sites (tertiary alicyclic amines) is 1. The van der Waals surface area contributed by atoms with Crippen LogP contribution in [0, 0.1) is 11.8 Å². The lowest BCUT2D eigenvalue weighted by Gasteiger charge is -2.30. The van der Waals surface area contributed by atoms with E-state index in [0.29, 0.717) is 12.0 Å². The first kappa shape index (κ1) is 10.4. The Hall–Kier alpha value is -0.120. The van der Waals surface area contributed by atoms with Crippen molar-refractivity contribution in [3.8, 4) is 0 Å². The van der Waals surface area contributed by atoms with Gasteiger partial charge in [0.05, 0.1) is 6.61 Å². The minimum absolute atomic E-state index is 0.572. The lowest BCUT2D eigenvalue weighted by Crippen LogP contribution is -2.44. The summed E-state index contributed by atoms with van der Waals surface area (Å²) < 4.78 is 5.44. The molecule has 14 heavy (non-hydrogen) atoms. The van der Waals surface area contributed by atoms with Gasteiger partial charge in [-0.3, -0.25) is 4.90 Å². The van der Waals surface area contributed by atoms with Crippen molar-refractivity contribution in [3.05, 3.63) is 0 Å². The van der Waals surface area contributed by atoms with Gasteiger partial charge >= 0.3 is 0 Å². The van der Waals surface area contributed by atoms with E-state index in [1.807, 2.05) is 0 Å². The Kier molecular flexibility index (Phi) is 3.42. The van der Waals surface area contributed by atoms with Crippen molar-refractivity contribution in [1.29, 1.82) is 0 Å². The molecule has 3 nitrogen and oxygen atoms in total. The quantitative estimate of drug-likeness (QED) is 0.725. The topological polar surface area (TPSA) is 38.5 Å². The highest BCUT2D eigenvalue weighted by Crippen LogP contribution is 2.25. The molecule has 2 N–H and O–H groups in total. The molecule has 2 fully saturated rings. The minimum atomic E-state index is 0.572. The second-order valence-corrected chi connectivity index (χ2v) is 4.82. The van der Waals surface area contributed by atoms with Crippen LogP contribution in [0.25, 0.3) is 0 Å². The number of nitrogens with two attached hydrogens (primary N) is 1. The predicted molar refractivity (Wildman–Crippen MR) is 57.1 cm³/mol. The first-order valence-electron chi connectivity index (χ1n) is 5.83. The van der Waals surface area contributed by atoms with E-state index in [0.717, 1.165) is 25.7 Å². The Morgan fingerprint density at radius 3 is 2.86 bits per heavy atom. The molecule has 2 rings (SSSR count). The van der Waals surface area contributed by atoms with Gasteiger partial charge in [0.2, 0.25) is 0 Å². The summed E-state index contributed by atoms with van der Waals surface area (Å²) in [5, 5.41) is 0. The van der Waals surface area contributed by atoms with Crippen molar-refractivity contribution in [2.45, 2.75) is 25.8 Å². The van der Waals surface area contributed by atoms with Crippen molar-refractivity contribution in [1.82, 2.24) is 4.90 Å². The molecule has 0 amide bonds. The van der Waals surface area contributed by atoms with Gasteiger partial charge in [-0.15, -0.1) is 0 Å². The second-order valence-electron chi connectivity index (χ2n) is 4.82. The van der Waals surface area contributed by atoms with Crippen LogP contribution in [0.15, 0.2) is 0 Å². The molecule has 0 saturated carbocycles. The Bertz CT molecular complexity index is 180. The number of ether oxygens (including phenoxy) is 1. The smallest absolute Gasteiger partial charge is 0.0510 e. The molecule has 3 unspecified atom stereocenters. The Morgan fingerprint density at radius 2 is 2.36 bits per heavy atom. The number of nitrogens with zero attached hydrogens (tertiary/aromatic N) is 1. The van der Waals surface area contributed by atoms with Crippen molar-refractivity contribution < 1.29 is 4.74 Å². The third kappa shape index (κ3) is 2.10. The van der Waals surface area contributed by atoms with Crippen LogP contribution in [0.3, 0.4) is 0 Å². The zero-order chi connectivity index (χ0) is 9.97. The molecule has 3 heteroatoms. The minimum Gasteiger partial charge on any atom is -0.381 e. The Morgan fingerprint density at radius 1 is 1.50 bits per heavy atom. The van der Waals surface area contributed by atoms with Crippen LogP contribution in [0.1, 0.15) is 19.8 Å². The van der Waals surface area contributed by atoms with Crippen LogP contribution in [0.4, 0.5) is 0 Å². The van der Waals surface area contributed by atoms with Crippen LogP contribution in [0.2, 0.25) is 0 Å². The van der Waals surface area contributed by atoms with E-state index in [1.165, 1.54) is 25.9 Å². The molecule has 0 aromatic heterocycles. The van der Waals surface area contributed by atoms with E-state index in [9.17, 15) is 0 Å². The van der Waals surface area contributed by atoms with Crippen LogP contribution in [-0.4, -0.2) is 43.8 Å². The zero-order valence-electron chi connectivity index (χ0n) is 9.11. The van der Waals surface area contributed by atoms with E-state index < -0.39 is 0 Å². The summed E-state index contributed by atoms with van der Waals surface area (Å²) >= 11 is 0. The molecule has 0 aliphatic carbocycles. The third-order valence-electron chi connectivity index (χ3n) is 3.67. The maximum absolute atomic E-state index is 5.88. The van der Waals surface area contributed by atoms with Gasteiger partial charge in [0, 0.05) is 31.7 Å². The van der Waals surface area contributed by atoms with Crippen LogP contribution < -0.4 is 5.73 Å². The van der Waals surface area contributed by atoms with Gasteiger partial charge in [-0.05, 0) is 25.3 Å². The molecule has 2 aliphatic rings. The summed E-state index contributed by atoms with van der Waals surface area (Å²) in [6.45, 7) is 7.45. The molecule has 3 atom stereocenters. The summed E-state index contributed by atoms with van der Waals surface area (Å²) in [7, 11) is 0. The third-order valence-corrected chi connectivity index (χ3v) is 3.67. The summed E-state index contributed by atoms with van der Waals surface area (Å²) in [4.78, 5) is 2.57. The highest BCUT2D eigenvalue weighted by Gasteiger charge is 2.32. The van der Waals surface area contributed by atoms with Crippen LogP contribution in [-0.2, 0) is 4.74 Å². The fourth-order valence-electron chi connectivity index (χ4n) is 2.77. The van der Waals surface area contributed by atoms with E-state index in [1.54, 1.807) is 0 Å². The largest absolute Gasteiger partial charge is 0.381 e. The molecule has 0 radical (unpaired) electrons. The van der Waals surface area contributed by atoms with Crippen molar-refractivity contribution in [2.75, 3.05) is 32.8 Å². The highest BCUT2D eigenvalue weighted by atomic mass is 16.5. The Balaban J connectivity index is 1.91. The van der Waals surface area contributed by atoms with Gasteiger partial charge in [-0.2, -0.15) is 0 Å². The van der Waals surface area contributed by atoms with E-state index >= 15 is 0 Å². The fourth-order valence-corrected chi connectivity index (χ4v) is 2.77. The monoisotopic (exact) mass is 198 g/mol. The molecule has 0 spiro atoms. The first-order valence-corrected chi connectivity index (χ1v) is 5.83. The van der Waals surface area contributed by atoms with E-state index in [2.05, 4.69) is 11.8 Å². The van der Waals surface area contributed by atoms with Crippen LogP contribution in [0.5, 0.6) is 0 Å². The van der Waals surface area contributed by atoms with Gasteiger partial charge in [-0.25, -0.2) is 0 Å². The first-order chi connectivity index (χ1) is 6.81. The molecule has 0 aromatic rings. The van der Waals surface area contributed by atoms with Gasteiger partial charge in [0.25, 0.3) is 0 Å². The van der Waals surface area contributed by atoms with E-state index in [-0.39, 0.29) is 0 Å². The standard InChI is InChI=1S/C11H22N2O/c1-9-2-4-13(7-9)11(6-12)10-3-5-14-8-10/h9-11H,2-8,12H2,1H3. The van der Waals surface area contributed by atoms with Gasteiger partial charge in [-0.1, -0.05) is 6.92 Å². The molecule has 82 valence electrons. The summed E-state index contributed by atoms with van der Waals surface area (Å²) in [5.74, 6) is 1.54. The normalized spacial score (nSPS) is 36.4. The number of hydrogen-bond donors (Lipinski definition) is 1. The van der Waals surface area contributed by atoms with Gasteiger partial charge < -0.3 is 10.5 Å². The maximum Gasteiger partial charge on any atom is 0.0510 e. The Labute approximate surface area is 86.6 Å². The fraction of sp³-hybridized carbons (Fsp3) is 1.00. The van der Waals surface area contributed by atoms with Gasteiger partial charge in [0.1, 0.15) is 0 Å². The summed E-state index contributed by atoms with van der Waals surface area (Å²) in [6.07, 6.45) is 2.54. The van der Waals surface area contributed by atoms with Crippen molar-refractivity contribution in [3.63, 3.8) is 0 Å². The van der Waals surface area contributed by atoms with Crippen molar-refractivity contribution in [2.24, 2.45) is 17.6 Å². The second kappa shape index (κ2) is 4.60. The lowest BCUT2D eigenvalue weighted by atomic mass is 9.98. The maximum atomic E-state index is 5.88. The predicted octanol–water partition coefficient (Wildman–Crippen LogP) is 0.692. The molecule has 2 aliphatic heterocycles. The number of rotatable bonds is 3. The van der Waals surface area contributed by atoms with Gasteiger partial charge in [0.15, 0.2) is 0 Å². The highest BCUT2D eigenvalue weighted by molar-refractivity contribution is 4.86. The van der Waals surface area contributed by atoms with Crippen LogP contribution >= 0.6 is 0 Å². The summed E-state index contributed by atoms with van der Waals surface area (Å²) in [5.41, 5.74) is 5.88. The average Bonchev–Trinajstić information content (AvgIpc) is 2.79. The zero-order valence-corrected chi connectivity index (χ0v) is 9.11. The average molecular weight is 198 g/mol. The molecule has 0 bridgehead atoms. The van der Waals surface area contributed by atoms with E-state index in [4.69, 9.17) is 10.5 Å². The molecule has 0 aromatic carbocycles. The molecular weight excluding hydrogens is 176 g/mol. The van der Waals surface area contributed by atoms with Crippen molar-refractivity contribution >= 4 is 0 Å². The number of hydrogen-bond acceptors (Lipinski definition) is 3. The molecular formula is C11H22N2O.